The Bertz CT molecular complexity index is 176. The van der Waals surface area contributed by atoms with Gasteiger partial charge < -0.3 is 10.5 Å². The number of alkyl halides is 1. The Hall–Kier alpha value is -0.430. The molecule has 3 N–H and O–H groups in total. The van der Waals surface area contributed by atoms with Gasteiger partial charge in [-0.2, -0.15) is 0 Å². The van der Waals surface area contributed by atoms with E-state index in [-0.39, 0.29) is 6.02 Å². The van der Waals surface area contributed by atoms with Gasteiger partial charge in [-0.25, -0.2) is 4.79 Å². The Labute approximate surface area is 83.4 Å². The van der Waals surface area contributed by atoms with E-state index in [1.165, 1.54) is 19.1 Å². The summed E-state index contributed by atoms with van der Waals surface area (Å²) in [6.07, 6.45) is 0. The number of urea groups is 1. The lowest BCUT2D eigenvalue weighted by molar-refractivity contribution is 0.253. The van der Waals surface area contributed by atoms with Gasteiger partial charge in [-0.15, -0.1) is 4.99 Å². The van der Waals surface area contributed by atoms with Crippen molar-refractivity contribution < 1.29 is 9.53 Å². The molecule has 0 aromatic rings. The predicted octanol–water partition coefficient (Wildman–Crippen LogP) is 0.700. The first-order chi connectivity index (χ1) is 5.70. The second-order valence-corrected chi connectivity index (χ2v) is 3.29. The number of hydrogen-bond acceptors (Lipinski definition) is 3. The van der Waals surface area contributed by atoms with Gasteiger partial charge in [0.1, 0.15) is 0 Å². The van der Waals surface area contributed by atoms with E-state index in [2.05, 4.69) is 30.4 Å². The van der Waals surface area contributed by atoms with E-state index in [0.717, 1.165) is 11.1 Å². The van der Waals surface area contributed by atoms with Crippen LogP contribution in [0.3, 0.4) is 0 Å². The number of nitrogens with zero attached hydrogens (tertiary/aromatic N) is 1. The molecule has 0 aliphatic rings. The number of carbonyl (C=O) groups excluding carboxylic acids is 1. The minimum Gasteiger partial charge on any atom is -0.468 e. The van der Waals surface area contributed by atoms with Crippen molar-refractivity contribution in [3.8, 4) is 0 Å². The molecule has 2 amide bonds. The summed E-state index contributed by atoms with van der Waals surface area (Å²) >= 11 is 4.46. The summed E-state index contributed by atoms with van der Waals surface area (Å²) in [5, 5.41) is 0.807. The van der Waals surface area contributed by atoms with E-state index >= 15 is 0 Å². The molecule has 0 aliphatic heterocycles. The van der Waals surface area contributed by atoms with Gasteiger partial charge in [0.15, 0.2) is 0 Å². The molecule has 0 fully saturated rings. The van der Waals surface area contributed by atoms with Crippen molar-refractivity contribution in [1.29, 1.82) is 0 Å². The zero-order valence-electron chi connectivity index (χ0n) is 6.54. The highest BCUT2D eigenvalue weighted by atomic mass is 79.9. The van der Waals surface area contributed by atoms with Crippen LogP contribution in [0.5, 0.6) is 0 Å². The zero-order valence-corrected chi connectivity index (χ0v) is 8.94. The normalized spacial score (nSPS) is 11.0. The Kier molecular flexibility index (Phi) is 6.97. The van der Waals surface area contributed by atoms with Crippen LogP contribution in [0, 0.1) is 0 Å². The van der Waals surface area contributed by atoms with Crippen LogP contribution in [-0.2, 0) is 4.74 Å². The van der Waals surface area contributed by atoms with E-state index < -0.39 is 6.03 Å². The van der Waals surface area contributed by atoms with Gasteiger partial charge in [-0.1, -0.05) is 15.9 Å². The number of rotatable bonds is 3. The second-order valence-electron chi connectivity index (χ2n) is 1.60. The number of halogens is 1. The van der Waals surface area contributed by atoms with Crippen molar-refractivity contribution in [2.75, 3.05) is 18.2 Å². The van der Waals surface area contributed by atoms with E-state index in [0.29, 0.717) is 0 Å². The van der Waals surface area contributed by atoms with Crippen molar-refractivity contribution in [2.45, 2.75) is 0 Å². The van der Waals surface area contributed by atoms with Gasteiger partial charge >= 0.3 is 6.03 Å². The molecule has 0 aliphatic carbocycles. The lowest BCUT2D eigenvalue weighted by Crippen LogP contribution is -2.20. The maximum absolute atomic E-state index is 10.8. The van der Waals surface area contributed by atoms with Gasteiger partial charge in [-0.3, -0.25) is 4.72 Å². The number of nitrogens with one attached hydrogen (secondary N) is 1. The van der Waals surface area contributed by atoms with E-state index in [1.54, 1.807) is 0 Å². The molecular weight excluding hydrogens is 246 g/mol. The molecule has 0 unspecified atom stereocenters. The van der Waals surface area contributed by atoms with Crippen LogP contribution in [0.1, 0.15) is 0 Å². The summed E-state index contributed by atoms with van der Waals surface area (Å²) in [7, 11) is 1.34. The van der Waals surface area contributed by atoms with Crippen molar-refractivity contribution >= 4 is 39.9 Å². The van der Waals surface area contributed by atoms with Gasteiger partial charge in [0, 0.05) is 11.1 Å². The van der Waals surface area contributed by atoms with Crippen LogP contribution < -0.4 is 10.5 Å². The summed E-state index contributed by atoms with van der Waals surface area (Å²) < 4.78 is 6.92. The Morgan fingerprint density at radius 3 is 3.00 bits per heavy atom. The molecule has 0 radical (unpaired) electrons. The van der Waals surface area contributed by atoms with Crippen molar-refractivity contribution in [1.82, 2.24) is 4.72 Å². The average Bonchev–Trinajstić information content (AvgIpc) is 2.05. The lowest BCUT2D eigenvalue weighted by Gasteiger charge is -1.98. The molecule has 0 bridgehead atoms. The van der Waals surface area contributed by atoms with Gasteiger partial charge in [0.25, 0.3) is 6.02 Å². The van der Waals surface area contributed by atoms with Gasteiger partial charge in [0.2, 0.25) is 0 Å². The lowest BCUT2D eigenvalue weighted by atomic mass is 11.0. The summed E-state index contributed by atoms with van der Waals surface area (Å²) in [6, 6.07) is -0.660. The largest absolute Gasteiger partial charge is 0.468 e. The monoisotopic (exact) mass is 255 g/mol. The molecule has 0 spiro atoms. The summed E-state index contributed by atoms with van der Waals surface area (Å²) in [6.45, 7) is 0. The summed E-state index contributed by atoms with van der Waals surface area (Å²) in [5.74, 6) is 0.772. The molecule has 0 saturated carbocycles. The fourth-order valence-corrected chi connectivity index (χ4v) is 1.15. The Morgan fingerprint density at radius 2 is 2.50 bits per heavy atom. The maximum Gasteiger partial charge on any atom is 0.355 e. The first-order valence-electron chi connectivity index (χ1n) is 3.06. The zero-order chi connectivity index (χ0) is 9.40. The number of ether oxygens (including phenoxy) is 1. The van der Waals surface area contributed by atoms with Crippen molar-refractivity contribution in [3.63, 3.8) is 0 Å². The first-order valence-corrected chi connectivity index (χ1v) is 5.17. The maximum atomic E-state index is 10.8. The van der Waals surface area contributed by atoms with Crippen molar-refractivity contribution in [2.24, 2.45) is 10.7 Å². The second kappa shape index (κ2) is 7.23. The Morgan fingerprint density at radius 1 is 1.83 bits per heavy atom. The molecule has 7 heteroatoms. The average molecular weight is 256 g/mol. The topological polar surface area (TPSA) is 76.7 Å². The van der Waals surface area contributed by atoms with Crippen LogP contribution in [0.25, 0.3) is 0 Å². The smallest absolute Gasteiger partial charge is 0.355 e. The number of carbonyl (C=O) groups is 1. The minimum absolute atomic E-state index is 0.146. The predicted molar refractivity (Wildman–Crippen MR) is 53.4 cm³/mol. The van der Waals surface area contributed by atoms with Crippen LogP contribution in [0.15, 0.2) is 4.99 Å². The highest BCUT2D eigenvalue weighted by Gasteiger charge is 1.98. The number of methoxy groups -OCH3 is 1. The summed E-state index contributed by atoms with van der Waals surface area (Å²) in [4.78, 5) is 14.1. The Balaban J connectivity index is 3.59. The molecule has 0 rings (SSSR count). The van der Waals surface area contributed by atoms with E-state index in [1.807, 2.05) is 0 Å². The highest BCUT2D eigenvalue weighted by molar-refractivity contribution is 9.09. The quantitative estimate of drug-likeness (QED) is 0.256. The number of amidine groups is 1. The van der Waals surface area contributed by atoms with Crippen LogP contribution >= 0.6 is 27.9 Å². The highest BCUT2D eigenvalue weighted by Crippen LogP contribution is 1.95. The number of hydrogen-bond donors (Lipinski definition) is 2. The molecule has 0 aromatic heterocycles. The third-order valence-corrected chi connectivity index (χ3v) is 2.41. The van der Waals surface area contributed by atoms with Crippen LogP contribution in [0.4, 0.5) is 4.79 Å². The fourth-order valence-electron chi connectivity index (χ4n) is 0.320. The van der Waals surface area contributed by atoms with E-state index in [4.69, 9.17) is 5.73 Å². The number of aliphatic imine (C=N–C) groups is 1. The number of nitrogens with two attached hydrogens (primary N) is 1. The molecular formula is C5H10BrN3O2S. The number of amides is 2. The van der Waals surface area contributed by atoms with Crippen LogP contribution in [-0.4, -0.2) is 30.2 Å². The van der Waals surface area contributed by atoms with Gasteiger partial charge in [-0.05, 0) is 11.9 Å². The minimum atomic E-state index is -0.514. The van der Waals surface area contributed by atoms with Gasteiger partial charge in [0.05, 0.1) is 7.11 Å². The molecule has 0 aromatic carbocycles. The third kappa shape index (κ3) is 6.29. The molecule has 12 heavy (non-hydrogen) atoms. The third-order valence-electron chi connectivity index (χ3n) is 0.760. The molecule has 0 saturated heterocycles. The molecule has 70 valence electrons. The molecule has 5 nitrogen and oxygen atoms in total. The SMILES string of the molecule is CO/C(N)=N\C(=O)NSCCBr. The standard InChI is InChI=1S/C5H10BrN3O2S/c1-11-4(7)8-5(10)9-12-3-2-6/h2-3H2,1H3,(H3,7,8,9,10). The molecule has 0 heterocycles. The first kappa shape index (κ1) is 11.6. The summed E-state index contributed by atoms with van der Waals surface area (Å²) in [5.41, 5.74) is 5.13. The van der Waals surface area contributed by atoms with Crippen molar-refractivity contribution in [3.05, 3.63) is 0 Å². The fraction of sp³-hybridized carbons (Fsp3) is 0.600. The molecule has 0 atom stereocenters. The van der Waals surface area contributed by atoms with Crippen LogP contribution in [0.2, 0.25) is 0 Å². The van der Waals surface area contributed by atoms with E-state index in [9.17, 15) is 4.79 Å².